The van der Waals surface area contributed by atoms with Gasteiger partial charge in [0.2, 0.25) is 0 Å². The van der Waals surface area contributed by atoms with Crippen LogP contribution in [-0.2, 0) is 15.6 Å². The van der Waals surface area contributed by atoms with Crippen LogP contribution in [0.3, 0.4) is 0 Å². The zero-order chi connectivity index (χ0) is 17.4. The molecule has 1 aromatic heterocycles. The van der Waals surface area contributed by atoms with Gasteiger partial charge < -0.3 is 10.3 Å². The molecule has 1 heterocycles. The number of fused-ring (bicyclic) bond motifs is 1. The molecule has 0 unspecified atom stereocenters. The number of carbonyl (C=O) groups is 1. The molecule has 1 saturated carbocycles. The van der Waals surface area contributed by atoms with Crippen molar-refractivity contribution in [1.29, 1.82) is 0 Å². The van der Waals surface area contributed by atoms with Gasteiger partial charge in [-0.1, -0.05) is 24.3 Å². The maximum absolute atomic E-state index is 12.5. The molecule has 1 aliphatic rings. The van der Waals surface area contributed by atoms with Crippen molar-refractivity contribution in [3.8, 4) is 0 Å². The summed E-state index contributed by atoms with van der Waals surface area (Å²) < 4.78 is 25.0. The Bertz CT molecular complexity index is 1030. The lowest BCUT2D eigenvalue weighted by Crippen LogP contribution is -2.25. The number of aromatic nitrogens is 1. The van der Waals surface area contributed by atoms with Crippen LogP contribution in [0.5, 0.6) is 0 Å². The summed E-state index contributed by atoms with van der Waals surface area (Å²) >= 11 is 0. The Hall–Kier alpha value is -2.60. The molecule has 6 heteroatoms. The molecule has 2 aromatic carbocycles. The first-order chi connectivity index (χ1) is 12.0. The summed E-state index contributed by atoms with van der Waals surface area (Å²) in [6, 6.07) is 15.9. The highest BCUT2D eigenvalue weighted by Gasteiger charge is 2.24. The Morgan fingerprint density at radius 2 is 1.84 bits per heavy atom. The van der Waals surface area contributed by atoms with E-state index in [1.807, 2.05) is 12.1 Å². The Morgan fingerprint density at radius 1 is 1.08 bits per heavy atom. The number of rotatable bonds is 5. The van der Waals surface area contributed by atoms with E-state index in [4.69, 9.17) is 0 Å². The molecular weight excluding hydrogens is 336 g/mol. The molecule has 1 amide bonds. The van der Waals surface area contributed by atoms with Crippen molar-refractivity contribution in [1.82, 2.24) is 10.3 Å². The number of sulfone groups is 1. The molecule has 1 fully saturated rings. The standard InChI is InChI=1S/C19H18N2O3S/c22-19(20-15-7-8-15)18-11-14-10-13(6-9-17(14)21-18)12-25(23,24)16-4-2-1-3-5-16/h1-6,9-11,15,21H,7-8,12H2,(H,20,22). The molecule has 4 rings (SSSR count). The average Bonchev–Trinajstić information content (AvgIpc) is 3.31. The lowest BCUT2D eigenvalue weighted by molar-refractivity contribution is 0.0947. The van der Waals surface area contributed by atoms with Gasteiger partial charge in [-0.3, -0.25) is 4.79 Å². The number of H-pyrrole nitrogens is 1. The quantitative estimate of drug-likeness (QED) is 0.739. The van der Waals surface area contributed by atoms with Gasteiger partial charge >= 0.3 is 0 Å². The van der Waals surface area contributed by atoms with E-state index < -0.39 is 9.84 Å². The Kier molecular flexibility index (Phi) is 3.84. The third-order valence-electron chi connectivity index (χ3n) is 4.30. The number of amides is 1. The van der Waals surface area contributed by atoms with Gasteiger partial charge in [0.15, 0.2) is 9.84 Å². The first-order valence-corrected chi connectivity index (χ1v) is 9.87. The molecule has 128 valence electrons. The lowest BCUT2D eigenvalue weighted by atomic mass is 10.2. The highest BCUT2D eigenvalue weighted by molar-refractivity contribution is 7.90. The van der Waals surface area contributed by atoms with Crippen molar-refractivity contribution >= 4 is 26.6 Å². The first-order valence-electron chi connectivity index (χ1n) is 8.22. The lowest BCUT2D eigenvalue weighted by Gasteiger charge is -2.04. The number of nitrogens with one attached hydrogen (secondary N) is 2. The maximum atomic E-state index is 12.5. The van der Waals surface area contributed by atoms with Crippen molar-refractivity contribution in [2.24, 2.45) is 0 Å². The highest BCUT2D eigenvalue weighted by atomic mass is 32.2. The van der Waals surface area contributed by atoms with Gasteiger partial charge in [-0.25, -0.2) is 8.42 Å². The van der Waals surface area contributed by atoms with Crippen LogP contribution in [0.4, 0.5) is 0 Å². The summed E-state index contributed by atoms with van der Waals surface area (Å²) in [6.45, 7) is 0. The average molecular weight is 354 g/mol. The van der Waals surface area contributed by atoms with Crippen LogP contribution in [0, 0.1) is 0 Å². The Labute approximate surface area is 146 Å². The van der Waals surface area contributed by atoms with E-state index >= 15 is 0 Å². The highest BCUT2D eigenvalue weighted by Crippen LogP contribution is 2.23. The number of aromatic amines is 1. The minimum Gasteiger partial charge on any atom is -0.351 e. The van der Waals surface area contributed by atoms with E-state index in [9.17, 15) is 13.2 Å². The van der Waals surface area contributed by atoms with E-state index in [0.29, 0.717) is 22.2 Å². The summed E-state index contributed by atoms with van der Waals surface area (Å²) in [6.07, 6.45) is 2.07. The summed E-state index contributed by atoms with van der Waals surface area (Å²) in [7, 11) is -3.39. The molecule has 0 bridgehead atoms. The molecule has 0 radical (unpaired) electrons. The first kappa shape index (κ1) is 15.9. The fourth-order valence-electron chi connectivity index (χ4n) is 2.82. The summed E-state index contributed by atoms with van der Waals surface area (Å²) in [4.78, 5) is 15.5. The van der Waals surface area contributed by atoms with Gasteiger partial charge in [-0.05, 0) is 48.7 Å². The molecule has 25 heavy (non-hydrogen) atoms. The van der Waals surface area contributed by atoms with Crippen LogP contribution >= 0.6 is 0 Å². The Balaban J connectivity index is 1.59. The van der Waals surface area contributed by atoms with Gasteiger partial charge in [-0.15, -0.1) is 0 Å². The van der Waals surface area contributed by atoms with Crippen LogP contribution < -0.4 is 5.32 Å². The fraction of sp³-hybridized carbons (Fsp3) is 0.211. The van der Waals surface area contributed by atoms with Gasteiger partial charge in [0.05, 0.1) is 10.6 Å². The van der Waals surface area contributed by atoms with Gasteiger partial charge in [0.25, 0.3) is 5.91 Å². The molecule has 1 aliphatic carbocycles. The van der Waals surface area contributed by atoms with E-state index in [-0.39, 0.29) is 11.7 Å². The normalized spacial score (nSPS) is 14.6. The summed E-state index contributed by atoms with van der Waals surface area (Å²) in [5, 5.41) is 3.77. The molecule has 3 aromatic rings. The smallest absolute Gasteiger partial charge is 0.267 e. The number of hydrogen-bond acceptors (Lipinski definition) is 3. The predicted octanol–water partition coefficient (Wildman–Crippen LogP) is 3.03. The van der Waals surface area contributed by atoms with Crippen molar-refractivity contribution < 1.29 is 13.2 Å². The van der Waals surface area contributed by atoms with E-state index in [0.717, 1.165) is 23.7 Å². The molecule has 2 N–H and O–H groups in total. The Morgan fingerprint density at radius 3 is 2.56 bits per heavy atom. The number of benzene rings is 2. The minimum absolute atomic E-state index is 0.0677. The number of carbonyl (C=O) groups excluding carboxylic acids is 1. The van der Waals surface area contributed by atoms with Gasteiger partial charge in [0.1, 0.15) is 5.69 Å². The summed E-state index contributed by atoms with van der Waals surface area (Å²) in [5.41, 5.74) is 2.02. The molecular formula is C19H18N2O3S. The van der Waals surface area contributed by atoms with Crippen LogP contribution in [0.15, 0.2) is 59.5 Å². The van der Waals surface area contributed by atoms with Crippen molar-refractivity contribution in [3.63, 3.8) is 0 Å². The van der Waals surface area contributed by atoms with E-state index in [1.54, 1.807) is 42.5 Å². The topological polar surface area (TPSA) is 79.0 Å². The van der Waals surface area contributed by atoms with Crippen molar-refractivity contribution in [3.05, 3.63) is 65.9 Å². The monoisotopic (exact) mass is 354 g/mol. The van der Waals surface area contributed by atoms with E-state index in [2.05, 4.69) is 10.3 Å². The second-order valence-electron chi connectivity index (χ2n) is 6.42. The summed E-state index contributed by atoms with van der Waals surface area (Å²) in [5.74, 6) is -0.181. The van der Waals surface area contributed by atoms with Gasteiger partial charge in [-0.2, -0.15) is 0 Å². The maximum Gasteiger partial charge on any atom is 0.267 e. The third-order valence-corrected chi connectivity index (χ3v) is 6.01. The van der Waals surface area contributed by atoms with Crippen LogP contribution in [0.1, 0.15) is 28.9 Å². The third kappa shape index (κ3) is 3.44. The second-order valence-corrected chi connectivity index (χ2v) is 8.41. The van der Waals surface area contributed by atoms with Crippen molar-refractivity contribution in [2.45, 2.75) is 29.5 Å². The number of hydrogen-bond donors (Lipinski definition) is 2. The fourth-order valence-corrected chi connectivity index (χ4v) is 4.17. The molecule has 0 atom stereocenters. The predicted molar refractivity (Wildman–Crippen MR) is 96.1 cm³/mol. The van der Waals surface area contributed by atoms with Gasteiger partial charge in [0, 0.05) is 16.9 Å². The zero-order valence-corrected chi connectivity index (χ0v) is 14.3. The van der Waals surface area contributed by atoms with Crippen LogP contribution in [0.25, 0.3) is 10.9 Å². The second kappa shape index (κ2) is 6.04. The van der Waals surface area contributed by atoms with Crippen molar-refractivity contribution in [2.75, 3.05) is 0 Å². The zero-order valence-electron chi connectivity index (χ0n) is 13.5. The molecule has 0 aliphatic heterocycles. The van der Waals surface area contributed by atoms with Crippen LogP contribution in [0.2, 0.25) is 0 Å². The molecule has 0 spiro atoms. The van der Waals surface area contributed by atoms with Crippen LogP contribution in [-0.4, -0.2) is 25.4 Å². The molecule has 0 saturated heterocycles. The minimum atomic E-state index is -3.39. The van der Waals surface area contributed by atoms with E-state index in [1.165, 1.54) is 0 Å². The molecule has 5 nitrogen and oxygen atoms in total. The largest absolute Gasteiger partial charge is 0.351 e. The SMILES string of the molecule is O=C(NC1CC1)c1cc2cc(CS(=O)(=O)c3ccccc3)ccc2[nH]1.